The molecule has 112 valence electrons. The predicted octanol–water partition coefficient (Wildman–Crippen LogP) is 0.513. The molecule has 1 atom stereocenters. The third-order valence-corrected chi connectivity index (χ3v) is 5.18. The van der Waals surface area contributed by atoms with Crippen LogP contribution in [0.15, 0.2) is 29.2 Å². The van der Waals surface area contributed by atoms with E-state index in [0.717, 1.165) is 6.07 Å². The highest BCUT2D eigenvalue weighted by atomic mass is 32.2. The van der Waals surface area contributed by atoms with Gasteiger partial charge >= 0.3 is 0 Å². The number of piperazine rings is 1. The van der Waals surface area contributed by atoms with Crippen LogP contribution in [0.25, 0.3) is 0 Å². The van der Waals surface area contributed by atoms with Crippen molar-refractivity contribution in [3.05, 3.63) is 30.1 Å². The van der Waals surface area contributed by atoms with Crippen molar-refractivity contribution in [1.82, 2.24) is 9.21 Å². The topological polar surface area (TPSA) is 60.9 Å². The van der Waals surface area contributed by atoms with Gasteiger partial charge in [-0.05, 0) is 25.1 Å². The van der Waals surface area contributed by atoms with Crippen LogP contribution in [0.1, 0.15) is 6.92 Å². The van der Waals surface area contributed by atoms with Crippen LogP contribution in [0.3, 0.4) is 0 Å². The molecule has 1 aromatic carbocycles. The zero-order valence-corrected chi connectivity index (χ0v) is 12.2. The maximum Gasteiger partial charge on any atom is 0.243 e. The summed E-state index contributed by atoms with van der Waals surface area (Å²) in [6.07, 6.45) is -0.429. The molecule has 0 aliphatic carbocycles. The number of benzene rings is 1. The molecule has 0 bridgehead atoms. The second kappa shape index (κ2) is 6.17. The Bertz CT molecular complexity index is 554. The van der Waals surface area contributed by atoms with Gasteiger partial charge in [-0.1, -0.05) is 6.07 Å². The first-order chi connectivity index (χ1) is 9.39. The molecule has 1 heterocycles. The smallest absolute Gasteiger partial charge is 0.243 e. The van der Waals surface area contributed by atoms with Crippen LogP contribution in [0.4, 0.5) is 4.39 Å². The van der Waals surface area contributed by atoms with Gasteiger partial charge < -0.3 is 5.11 Å². The number of β-amino-alcohol motifs (C(OH)–C–C–N with tert-alkyl or cyclic N) is 1. The molecule has 1 fully saturated rings. The Morgan fingerprint density at radius 2 is 1.95 bits per heavy atom. The van der Waals surface area contributed by atoms with Crippen molar-refractivity contribution < 1.29 is 17.9 Å². The van der Waals surface area contributed by atoms with Gasteiger partial charge in [0.25, 0.3) is 0 Å². The van der Waals surface area contributed by atoms with Gasteiger partial charge in [0.05, 0.1) is 11.0 Å². The van der Waals surface area contributed by atoms with Gasteiger partial charge in [-0.3, -0.25) is 4.90 Å². The summed E-state index contributed by atoms with van der Waals surface area (Å²) < 4.78 is 39.2. The summed E-state index contributed by atoms with van der Waals surface area (Å²) >= 11 is 0. The van der Waals surface area contributed by atoms with Crippen LogP contribution in [0.2, 0.25) is 0 Å². The SMILES string of the molecule is C[C@H](O)CN1CCN(S(=O)(=O)c2cccc(F)c2)CC1. The van der Waals surface area contributed by atoms with Gasteiger partial charge in [0.2, 0.25) is 10.0 Å². The Balaban J connectivity index is 2.06. The van der Waals surface area contributed by atoms with Crippen LogP contribution >= 0.6 is 0 Å². The molecule has 1 aromatic rings. The monoisotopic (exact) mass is 302 g/mol. The number of hydrogen-bond donors (Lipinski definition) is 1. The third-order valence-electron chi connectivity index (χ3n) is 3.29. The largest absolute Gasteiger partial charge is 0.392 e. The minimum absolute atomic E-state index is 0.0125. The Labute approximate surface area is 118 Å². The van der Waals surface area contributed by atoms with Crippen LogP contribution < -0.4 is 0 Å². The molecule has 0 amide bonds. The van der Waals surface area contributed by atoms with Crippen molar-refractivity contribution >= 4 is 10.0 Å². The van der Waals surface area contributed by atoms with Gasteiger partial charge in [0.1, 0.15) is 5.82 Å². The minimum Gasteiger partial charge on any atom is -0.392 e. The summed E-state index contributed by atoms with van der Waals surface area (Å²) in [4.78, 5) is 2.00. The molecule has 20 heavy (non-hydrogen) atoms. The average Bonchev–Trinajstić information content (AvgIpc) is 2.38. The Morgan fingerprint density at radius 3 is 2.50 bits per heavy atom. The molecule has 0 unspecified atom stereocenters. The van der Waals surface area contributed by atoms with Gasteiger partial charge in [-0.15, -0.1) is 0 Å². The fourth-order valence-corrected chi connectivity index (χ4v) is 3.76. The van der Waals surface area contributed by atoms with Gasteiger partial charge in [-0.25, -0.2) is 12.8 Å². The number of halogens is 1. The lowest BCUT2D eigenvalue weighted by molar-refractivity contribution is 0.103. The highest BCUT2D eigenvalue weighted by Gasteiger charge is 2.28. The van der Waals surface area contributed by atoms with Crippen LogP contribution in [0.5, 0.6) is 0 Å². The Kier molecular flexibility index (Phi) is 4.74. The van der Waals surface area contributed by atoms with Crippen molar-refractivity contribution in [3.8, 4) is 0 Å². The van der Waals surface area contributed by atoms with Gasteiger partial charge in [0.15, 0.2) is 0 Å². The quantitative estimate of drug-likeness (QED) is 0.880. The standard InChI is InChI=1S/C13H19FN2O3S/c1-11(17)10-15-5-7-16(8-6-15)20(18,19)13-4-2-3-12(14)9-13/h2-4,9,11,17H,5-8,10H2,1H3/t11-/m0/s1. The first-order valence-electron chi connectivity index (χ1n) is 6.56. The van der Waals surface area contributed by atoms with E-state index in [9.17, 15) is 17.9 Å². The Hall–Kier alpha value is -1.02. The lowest BCUT2D eigenvalue weighted by atomic mass is 10.3. The number of aliphatic hydroxyl groups is 1. The summed E-state index contributed by atoms with van der Waals surface area (Å²) in [5.74, 6) is -0.557. The molecule has 5 nitrogen and oxygen atoms in total. The second-order valence-corrected chi connectivity index (χ2v) is 6.95. The molecule has 1 aliphatic rings. The van der Waals surface area contributed by atoms with E-state index in [-0.39, 0.29) is 4.90 Å². The summed E-state index contributed by atoms with van der Waals surface area (Å²) in [5, 5.41) is 9.32. The van der Waals surface area contributed by atoms with E-state index in [1.54, 1.807) is 6.92 Å². The first kappa shape index (κ1) is 15.4. The third kappa shape index (κ3) is 3.54. The van der Waals surface area contributed by atoms with E-state index in [2.05, 4.69) is 0 Å². The maximum atomic E-state index is 13.2. The van der Waals surface area contributed by atoms with Crippen molar-refractivity contribution in [3.63, 3.8) is 0 Å². The van der Waals surface area contributed by atoms with E-state index in [1.165, 1.54) is 22.5 Å². The Morgan fingerprint density at radius 1 is 1.30 bits per heavy atom. The zero-order chi connectivity index (χ0) is 14.8. The van der Waals surface area contributed by atoms with Gasteiger partial charge in [0, 0.05) is 32.7 Å². The molecule has 1 saturated heterocycles. The fourth-order valence-electron chi connectivity index (χ4n) is 2.30. The lowest BCUT2D eigenvalue weighted by Gasteiger charge is -2.34. The molecule has 1 aliphatic heterocycles. The van der Waals surface area contributed by atoms with Crippen molar-refractivity contribution in [2.45, 2.75) is 17.9 Å². The summed E-state index contributed by atoms with van der Waals surface area (Å²) in [5.41, 5.74) is 0. The normalized spacial score (nSPS) is 19.9. The van der Waals surface area contributed by atoms with Crippen molar-refractivity contribution in [2.75, 3.05) is 32.7 Å². The maximum absolute atomic E-state index is 13.2. The first-order valence-corrected chi connectivity index (χ1v) is 8.00. The van der Waals surface area contributed by atoms with Crippen molar-refractivity contribution in [2.24, 2.45) is 0 Å². The average molecular weight is 302 g/mol. The molecule has 1 N–H and O–H groups in total. The highest BCUT2D eigenvalue weighted by molar-refractivity contribution is 7.89. The molecular formula is C13H19FN2O3S. The van der Waals surface area contributed by atoms with Crippen LogP contribution in [-0.4, -0.2) is 61.6 Å². The molecule has 0 radical (unpaired) electrons. The van der Waals surface area contributed by atoms with E-state index in [1.807, 2.05) is 4.90 Å². The molecule has 7 heteroatoms. The molecule has 0 aromatic heterocycles. The molecular weight excluding hydrogens is 283 g/mol. The molecule has 2 rings (SSSR count). The van der Waals surface area contributed by atoms with Crippen molar-refractivity contribution in [1.29, 1.82) is 0 Å². The van der Waals surface area contributed by atoms with Crippen LogP contribution in [0, 0.1) is 5.82 Å². The summed E-state index contributed by atoms with van der Waals surface area (Å²) in [6.45, 7) is 4.08. The van der Waals surface area contributed by atoms with E-state index < -0.39 is 21.9 Å². The van der Waals surface area contributed by atoms with E-state index in [4.69, 9.17) is 0 Å². The number of rotatable bonds is 4. The predicted molar refractivity (Wildman–Crippen MR) is 73.3 cm³/mol. The number of hydrogen-bond acceptors (Lipinski definition) is 4. The molecule has 0 spiro atoms. The second-order valence-electron chi connectivity index (χ2n) is 5.01. The zero-order valence-electron chi connectivity index (χ0n) is 11.4. The summed E-state index contributed by atoms with van der Waals surface area (Å²) in [7, 11) is -3.63. The van der Waals surface area contributed by atoms with E-state index in [0.29, 0.717) is 32.7 Å². The number of aliphatic hydroxyl groups excluding tert-OH is 1. The van der Waals surface area contributed by atoms with Gasteiger partial charge in [-0.2, -0.15) is 4.31 Å². The highest BCUT2D eigenvalue weighted by Crippen LogP contribution is 2.18. The van der Waals surface area contributed by atoms with Crippen LogP contribution in [-0.2, 0) is 10.0 Å². The number of nitrogens with zero attached hydrogens (tertiary/aromatic N) is 2. The minimum atomic E-state index is -3.63. The lowest BCUT2D eigenvalue weighted by Crippen LogP contribution is -2.50. The summed E-state index contributed by atoms with van der Waals surface area (Å²) in [6, 6.07) is 5.06. The fraction of sp³-hybridized carbons (Fsp3) is 0.538. The molecule has 0 saturated carbocycles. The number of sulfonamides is 1. The van der Waals surface area contributed by atoms with E-state index >= 15 is 0 Å².